The molecule has 0 bridgehead atoms. The fourth-order valence-electron chi connectivity index (χ4n) is 2.97. The fraction of sp³-hybridized carbons (Fsp3) is 0.562. The molecule has 0 unspecified atom stereocenters. The van der Waals surface area contributed by atoms with Gasteiger partial charge < -0.3 is 11.1 Å². The lowest BCUT2D eigenvalue weighted by molar-refractivity contribution is 0.344. The number of hydrogen-bond donors (Lipinski definition) is 2. The summed E-state index contributed by atoms with van der Waals surface area (Å²) in [6.45, 7) is 0.735. The Labute approximate surface area is 130 Å². The molecule has 2 fully saturated rings. The second-order valence-corrected chi connectivity index (χ2v) is 6.61. The zero-order chi connectivity index (χ0) is 15.1. The van der Waals surface area contributed by atoms with Crippen molar-refractivity contribution in [1.29, 1.82) is 0 Å². The van der Waals surface area contributed by atoms with Crippen LogP contribution in [0, 0.1) is 0 Å². The van der Waals surface area contributed by atoms with Crippen LogP contribution in [-0.4, -0.2) is 25.8 Å². The van der Waals surface area contributed by atoms with Crippen LogP contribution >= 0.6 is 0 Å². The highest BCUT2D eigenvalue weighted by Gasteiger charge is 2.32. The van der Waals surface area contributed by atoms with Gasteiger partial charge in [-0.1, -0.05) is 0 Å². The molecule has 2 aromatic heterocycles. The van der Waals surface area contributed by atoms with Crippen molar-refractivity contribution in [3.05, 3.63) is 35.5 Å². The van der Waals surface area contributed by atoms with Crippen molar-refractivity contribution in [2.24, 2.45) is 12.8 Å². The highest BCUT2D eigenvalue weighted by molar-refractivity contribution is 5.39. The number of rotatable bonds is 5. The van der Waals surface area contributed by atoms with E-state index in [-0.39, 0.29) is 0 Å². The monoisotopic (exact) mass is 298 g/mol. The first-order chi connectivity index (χ1) is 10.7. The van der Waals surface area contributed by atoms with Gasteiger partial charge >= 0.3 is 0 Å². The molecule has 6 nitrogen and oxygen atoms in total. The minimum Gasteiger partial charge on any atom is -0.366 e. The van der Waals surface area contributed by atoms with E-state index in [4.69, 9.17) is 15.7 Å². The minimum atomic E-state index is 0.344. The van der Waals surface area contributed by atoms with E-state index in [9.17, 15) is 0 Å². The molecule has 116 valence electrons. The second kappa shape index (κ2) is 5.35. The fourth-order valence-corrected chi connectivity index (χ4v) is 2.97. The van der Waals surface area contributed by atoms with Gasteiger partial charge in [-0.05, 0) is 25.7 Å². The molecule has 3 N–H and O–H groups in total. The summed E-state index contributed by atoms with van der Waals surface area (Å²) in [5, 5.41) is 7.61. The smallest absolute Gasteiger partial charge is 0.134 e. The van der Waals surface area contributed by atoms with Gasteiger partial charge in [-0.25, -0.2) is 9.97 Å². The molecule has 0 spiro atoms. The Morgan fingerprint density at radius 2 is 2.09 bits per heavy atom. The maximum Gasteiger partial charge on any atom is 0.134 e. The minimum absolute atomic E-state index is 0.344. The Morgan fingerprint density at radius 1 is 1.27 bits per heavy atom. The lowest BCUT2D eigenvalue weighted by Crippen LogP contribution is -2.35. The first-order valence-corrected chi connectivity index (χ1v) is 8.03. The van der Waals surface area contributed by atoms with E-state index in [1.165, 1.54) is 12.8 Å². The highest BCUT2D eigenvalue weighted by Crippen LogP contribution is 2.41. The van der Waals surface area contributed by atoms with Crippen molar-refractivity contribution in [1.82, 2.24) is 19.7 Å². The third-order valence-corrected chi connectivity index (χ3v) is 4.53. The van der Waals surface area contributed by atoms with Gasteiger partial charge in [0.1, 0.15) is 11.6 Å². The Bertz CT molecular complexity index is 669. The van der Waals surface area contributed by atoms with Crippen LogP contribution in [0.3, 0.4) is 0 Å². The standard InChI is InChI=1S/C16H22N6/c1-22-9-10(8-19-22)7-18-15-6-14(12-4-13(17)5-12)20-16(21-15)11-2-3-11/h6,8-9,11-13H,2-5,7,17H2,1H3,(H,18,20,21). The van der Waals surface area contributed by atoms with Gasteiger partial charge in [0.25, 0.3) is 0 Å². The van der Waals surface area contributed by atoms with Gasteiger partial charge in [0.15, 0.2) is 0 Å². The SMILES string of the molecule is Cn1cc(CNc2cc(C3CC(N)C3)nc(C3CC3)n2)cn1. The van der Waals surface area contributed by atoms with Crippen LogP contribution in [0.1, 0.15) is 54.6 Å². The van der Waals surface area contributed by atoms with Gasteiger partial charge in [0, 0.05) is 55.0 Å². The van der Waals surface area contributed by atoms with Gasteiger partial charge in [-0.2, -0.15) is 5.10 Å². The molecular formula is C16H22N6. The molecule has 0 saturated heterocycles. The third kappa shape index (κ3) is 2.83. The van der Waals surface area contributed by atoms with Crippen molar-refractivity contribution in [3.8, 4) is 0 Å². The number of nitrogens with one attached hydrogen (secondary N) is 1. The van der Waals surface area contributed by atoms with Crippen molar-refractivity contribution in [2.75, 3.05) is 5.32 Å². The van der Waals surface area contributed by atoms with E-state index in [0.29, 0.717) is 17.9 Å². The van der Waals surface area contributed by atoms with E-state index < -0.39 is 0 Å². The Hall–Kier alpha value is -1.95. The summed E-state index contributed by atoms with van der Waals surface area (Å²) in [6, 6.07) is 2.44. The maximum atomic E-state index is 5.92. The molecule has 0 amide bonds. The predicted molar refractivity (Wildman–Crippen MR) is 84.5 cm³/mol. The van der Waals surface area contributed by atoms with Gasteiger partial charge in [-0.3, -0.25) is 4.68 Å². The quantitative estimate of drug-likeness (QED) is 0.881. The van der Waals surface area contributed by atoms with E-state index in [1.54, 1.807) is 0 Å². The van der Waals surface area contributed by atoms with Crippen molar-refractivity contribution in [2.45, 2.75) is 50.1 Å². The molecule has 0 radical (unpaired) electrons. The molecule has 0 atom stereocenters. The van der Waals surface area contributed by atoms with Crippen LogP contribution in [-0.2, 0) is 13.6 Å². The molecule has 22 heavy (non-hydrogen) atoms. The molecule has 0 aliphatic heterocycles. The Kier molecular flexibility index (Phi) is 3.33. The first-order valence-electron chi connectivity index (χ1n) is 8.03. The molecule has 2 saturated carbocycles. The second-order valence-electron chi connectivity index (χ2n) is 6.61. The number of aromatic nitrogens is 4. The average Bonchev–Trinajstić information content (AvgIpc) is 3.24. The summed E-state index contributed by atoms with van der Waals surface area (Å²) in [7, 11) is 1.93. The summed E-state index contributed by atoms with van der Waals surface area (Å²) >= 11 is 0. The van der Waals surface area contributed by atoms with Crippen molar-refractivity contribution >= 4 is 5.82 Å². The van der Waals surface area contributed by atoms with Crippen LogP contribution in [0.5, 0.6) is 0 Å². The van der Waals surface area contributed by atoms with Crippen molar-refractivity contribution < 1.29 is 0 Å². The van der Waals surface area contributed by atoms with Crippen LogP contribution in [0.4, 0.5) is 5.82 Å². The van der Waals surface area contributed by atoms with Gasteiger partial charge in [-0.15, -0.1) is 0 Å². The summed E-state index contributed by atoms with van der Waals surface area (Å²) in [6.07, 6.45) is 8.42. The van der Waals surface area contributed by atoms with Crippen LogP contribution in [0.25, 0.3) is 0 Å². The highest BCUT2D eigenvalue weighted by atomic mass is 15.2. The van der Waals surface area contributed by atoms with Crippen molar-refractivity contribution in [3.63, 3.8) is 0 Å². The number of nitrogens with two attached hydrogens (primary N) is 1. The van der Waals surface area contributed by atoms with Gasteiger partial charge in [0.2, 0.25) is 0 Å². The maximum absolute atomic E-state index is 5.92. The van der Waals surface area contributed by atoms with E-state index in [1.807, 2.05) is 24.1 Å². The molecule has 2 aliphatic rings. The molecule has 0 aromatic carbocycles. The van der Waals surface area contributed by atoms with E-state index >= 15 is 0 Å². The summed E-state index contributed by atoms with van der Waals surface area (Å²) < 4.78 is 1.81. The first kappa shape index (κ1) is 13.7. The lowest BCUT2D eigenvalue weighted by atomic mass is 9.78. The number of nitrogens with zero attached hydrogens (tertiary/aromatic N) is 4. The predicted octanol–water partition coefficient (Wildman–Crippen LogP) is 1.90. The molecule has 2 aromatic rings. The van der Waals surface area contributed by atoms with E-state index in [2.05, 4.69) is 16.5 Å². The molecule has 2 heterocycles. The number of anilines is 1. The zero-order valence-electron chi connectivity index (χ0n) is 12.9. The summed E-state index contributed by atoms with van der Waals surface area (Å²) in [5.74, 6) is 3.00. The van der Waals surface area contributed by atoms with Crippen LogP contribution in [0.15, 0.2) is 18.5 Å². The lowest BCUT2D eigenvalue weighted by Gasteiger charge is -2.32. The molecule has 6 heteroatoms. The molecular weight excluding hydrogens is 276 g/mol. The van der Waals surface area contributed by atoms with E-state index in [0.717, 1.165) is 42.3 Å². The van der Waals surface area contributed by atoms with Crippen LogP contribution in [0.2, 0.25) is 0 Å². The topological polar surface area (TPSA) is 81.7 Å². The summed E-state index contributed by atoms with van der Waals surface area (Å²) in [4.78, 5) is 9.48. The number of hydrogen-bond acceptors (Lipinski definition) is 5. The normalized spacial score (nSPS) is 24.1. The third-order valence-electron chi connectivity index (χ3n) is 4.53. The molecule has 4 rings (SSSR count). The number of aryl methyl sites for hydroxylation is 1. The summed E-state index contributed by atoms with van der Waals surface area (Å²) in [5.41, 5.74) is 8.24. The average molecular weight is 298 g/mol. The Morgan fingerprint density at radius 3 is 2.73 bits per heavy atom. The Balaban J connectivity index is 1.52. The zero-order valence-corrected chi connectivity index (χ0v) is 12.9. The van der Waals surface area contributed by atoms with Crippen LogP contribution < -0.4 is 11.1 Å². The largest absolute Gasteiger partial charge is 0.366 e. The molecule has 2 aliphatic carbocycles. The van der Waals surface area contributed by atoms with Gasteiger partial charge in [0.05, 0.1) is 6.20 Å².